The Hall–Kier alpha value is -1.65. The van der Waals surface area contributed by atoms with Crippen molar-refractivity contribution in [1.82, 2.24) is 9.97 Å². The minimum Gasteiger partial charge on any atom is -0.480 e. The molecule has 1 atom stereocenters. The first kappa shape index (κ1) is 12.8. The van der Waals surface area contributed by atoms with E-state index in [2.05, 4.69) is 9.97 Å². The van der Waals surface area contributed by atoms with E-state index in [0.29, 0.717) is 6.42 Å². The maximum absolute atomic E-state index is 11.2. The number of rotatable bonds is 3. The molecule has 0 saturated carbocycles. The third-order valence-electron chi connectivity index (χ3n) is 3.21. The molecule has 5 nitrogen and oxygen atoms in total. The highest BCUT2D eigenvalue weighted by atomic mass is 16.4. The second-order valence-electron chi connectivity index (χ2n) is 5.07. The Kier molecular flexibility index (Phi) is 3.50. The van der Waals surface area contributed by atoms with Crippen LogP contribution in [-0.2, 0) is 4.79 Å². The van der Waals surface area contributed by atoms with Gasteiger partial charge in [-0.05, 0) is 19.8 Å². The van der Waals surface area contributed by atoms with E-state index in [1.54, 1.807) is 0 Å². The van der Waals surface area contributed by atoms with Gasteiger partial charge in [0.25, 0.3) is 0 Å². The van der Waals surface area contributed by atoms with Gasteiger partial charge in [-0.3, -0.25) is 0 Å². The molecule has 18 heavy (non-hydrogen) atoms. The maximum Gasteiger partial charge on any atom is 0.326 e. The molecule has 1 aromatic rings. The Morgan fingerprint density at radius 3 is 2.83 bits per heavy atom. The van der Waals surface area contributed by atoms with Crippen LogP contribution >= 0.6 is 0 Å². The van der Waals surface area contributed by atoms with Crippen molar-refractivity contribution in [2.24, 2.45) is 0 Å². The monoisotopic (exact) mass is 249 g/mol. The Morgan fingerprint density at radius 2 is 2.22 bits per heavy atom. The Bertz CT molecular complexity index is 460. The van der Waals surface area contributed by atoms with Crippen LogP contribution < -0.4 is 4.90 Å². The molecule has 0 bridgehead atoms. The highest BCUT2D eigenvalue weighted by Crippen LogP contribution is 2.25. The summed E-state index contributed by atoms with van der Waals surface area (Å²) in [5.41, 5.74) is 0.889. The standard InChI is InChI=1S/C13H19N3O2/c1-8(2)12-14-9(3)7-11(15-12)16-6-4-5-10(16)13(17)18/h7-8,10H,4-6H2,1-3H3,(H,17,18). The molecule has 0 radical (unpaired) electrons. The van der Waals surface area contributed by atoms with Crippen LogP contribution in [0.25, 0.3) is 0 Å². The van der Waals surface area contributed by atoms with Crippen molar-refractivity contribution in [2.45, 2.75) is 45.6 Å². The minimum atomic E-state index is -0.769. The average Bonchev–Trinajstić information content (AvgIpc) is 2.76. The van der Waals surface area contributed by atoms with Gasteiger partial charge in [0.1, 0.15) is 17.7 Å². The molecule has 1 fully saturated rings. The third-order valence-corrected chi connectivity index (χ3v) is 3.21. The zero-order valence-corrected chi connectivity index (χ0v) is 11.1. The lowest BCUT2D eigenvalue weighted by Gasteiger charge is -2.23. The molecule has 98 valence electrons. The summed E-state index contributed by atoms with van der Waals surface area (Å²) in [6, 6.07) is 1.42. The van der Waals surface area contributed by atoms with E-state index in [9.17, 15) is 9.90 Å². The van der Waals surface area contributed by atoms with Crippen molar-refractivity contribution in [1.29, 1.82) is 0 Å². The highest BCUT2D eigenvalue weighted by molar-refractivity contribution is 5.78. The number of aryl methyl sites for hydroxylation is 1. The van der Waals surface area contributed by atoms with Crippen LogP contribution in [0.5, 0.6) is 0 Å². The number of aliphatic carboxylic acids is 1. The average molecular weight is 249 g/mol. The highest BCUT2D eigenvalue weighted by Gasteiger charge is 2.31. The maximum atomic E-state index is 11.2. The summed E-state index contributed by atoms with van der Waals surface area (Å²) in [6.45, 7) is 6.75. The van der Waals surface area contributed by atoms with Crippen LogP contribution in [0.4, 0.5) is 5.82 Å². The molecule has 1 unspecified atom stereocenters. The van der Waals surface area contributed by atoms with Gasteiger partial charge in [-0.2, -0.15) is 0 Å². The summed E-state index contributed by atoms with van der Waals surface area (Å²) in [5.74, 6) is 1.00. The lowest BCUT2D eigenvalue weighted by atomic mass is 10.2. The van der Waals surface area contributed by atoms with E-state index in [-0.39, 0.29) is 5.92 Å². The van der Waals surface area contributed by atoms with Gasteiger partial charge in [0.2, 0.25) is 0 Å². The molecule has 1 aromatic heterocycles. The first-order valence-electron chi connectivity index (χ1n) is 6.34. The number of aromatic nitrogens is 2. The first-order chi connectivity index (χ1) is 8.49. The van der Waals surface area contributed by atoms with E-state index in [1.807, 2.05) is 31.7 Å². The number of carboxylic acid groups (broad SMARTS) is 1. The van der Waals surface area contributed by atoms with Crippen LogP contribution in [0.2, 0.25) is 0 Å². The normalized spacial score (nSPS) is 19.6. The minimum absolute atomic E-state index is 0.245. The van der Waals surface area contributed by atoms with E-state index in [4.69, 9.17) is 0 Å². The van der Waals surface area contributed by atoms with Crippen molar-refractivity contribution >= 4 is 11.8 Å². The van der Waals surface area contributed by atoms with Gasteiger partial charge in [0.05, 0.1) is 0 Å². The molecule has 2 heterocycles. The van der Waals surface area contributed by atoms with Crippen LogP contribution in [-0.4, -0.2) is 33.6 Å². The fourth-order valence-corrected chi connectivity index (χ4v) is 2.28. The lowest BCUT2D eigenvalue weighted by Crippen LogP contribution is -2.36. The predicted octanol–water partition coefficient (Wildman–Crippen LogP) is 1.96. The van der Waals surface area contributed by atoms with Gasteiger partial charge in [0.15, 0.2) is 0 Å². The molecule has 0 aliphatic carbocycles. The summed E-state index contributed by atoms with van der Waals surface area (Å²) in [6.07, 6.45) is 1.59. The summed E-state index contributed by atoms with van der Waals surface area (Å²) >= 11 is 0. The second kappa shape index (κ2) is 4.92. The predicted molar refractivity (Wildman–Crippen MR) is 68.9 cm³/mol. The van der Waals surface area contributed by atoms with Crippen molar-refractivity contribution in [3.05, 3.63) is 17.6 Å². The lowest BCUT2D eigenvalue weighted by molar-refractivity contribution is -0.138. The van der Waals surface area contributed by atoms with E-state index in [1.165, 1.54) is 0 Å². The van der Waals surface area contributed by atoms with Crippen LogP contribution in [0.15, 0.2) is 6.07 Å². The molecule has 1 N–H and O–H groups in total. The van der Waals surface area contributed by atoms with Crippen LogP contribution in [0.3, 0.4) is 0 Å². The summed E-state index contributed by atoms with van der Waals surface area (Å²) in [4.78, 5) is 22.0. The number of carbonyl (C=O) groups is 1. The van der Waals surface area contributed by atoms with Crippen LogP contribution in [0.1, 0.15) is 44.1 Å². The first-order valence-corrected chi connectivity index (χ1v) is 6.34. The fourth-order valence-electron chi connectivity index (χ4n) is 2.28. The Morgan fingerprint density at radius 1 is 1.50 bits per heavy atom. The molecule has 0 amide bonds. The zero-order valence-electron chi connectivity index (χ0n) is 11.1. The topological polar surface area (TPSA) is 66.3 Å². The Balaban J connectivity index is 2.35. The van der Waals surface area contributed by atoms with Gasteiger partial charge < -0.3 is 10.0 Å². The smallest absolute Gasteiger partial charge is 0.326 e. The molecule has 1 saturated heterocycles. The second-order valence-corrected chi connectivity index (χ2v) is 5.07. The number of nitrogens with zero attached hydrogens (tertiary/aromatic N) is 3. The molecule has 1 aliphatic rings. The Labute approximate surface area is 107 Å². The SMILES string of the molecule is Cc1cc(N2CCCC2C(=O)O)nc(C(C)C)n1. The summed E-state index contributed by atoms with van der Waals surface area (Å²) in [5, 5.41) is 9.21. The molecule has 1 aliphatic heterocycles. The molecule has 0 spiro atoms. The quantitative estimate of drug-likeness (QED) is 0.887. The zero-order chi connectivity index (χ0) is 13.3. The number of anilines is 1. The molecular weight excluding hydrogens is 230 g/mol. The van der Waals surface area contributed by atoms with Gasteiger partial charge in [0, 0.05) is 24.2 Å². The van der Waals surface area contributed by atoms with Crippen molar-refractivity contribution in [3.63, 3.8) is 0 Å². The number of hydrogen-bond acceptors (Lipinski definition) is 4. The van der Waals surface area contributed by atoms with Crippen molar-refractivity contribution in [3.8, 4) is 0 Å². The van der Waals surface area contributed by atoms with Crippen molar-refractivity contribution < 1.29 is 9.90 Å². The van der Waals surface area contributed by atoms with Gasteiger partial charge >= 0.3 is 5.97 Å². The van der Waals surface area contributed by atoms with E-state index < -0.39 is 12.0 Å². The summed E-state index contributed by atoms with van der Waals surface area (Å²) in [7, 11) is 0. The van der Waals surface area contributed by atoms with Crippen molar-refractivity contribution in [2.75, 3.05) is 11.4 Å². The van der Waals surface area contributed by atoms with Gasteiger partial charge in [-0.25, -0.2) is 14.8 Å². The fraction of sp³-hybridized carbons (Fsp3) is 0.615. The largest absolute Gasteiger partial charge is 0.480 e. The molecule has 0 aromatic carbocycles. The summed E-state index contributed by atoms with van der Waals surface area (Å²) < 4.78 is 0. The number of hydrogen-bond donors (Lipinski definition) is 1. The van der Waals surface area contributed by atoms with E-state index in [0.717, 1.165) is 30.3 Å². The number of carboxylic acids is 1. The van der Waals surface area contributed by atoms with Crippen LogP contribution in [0, 0.1) is 6.92 Å². The molecule has 5 heteroatoms. The molecular formula is C13H19N3O2. The van der Waals surface area contributed by atoms with E-state index >= 15 is 0 Å². The van der Waals surface area contributed by atoms with Gasteiger partial charge in [-0.15, -0.1) is 0 Å². The molecule has 2 rings (SSSR count). The van der Waals surface area contributed by atoms with Gasteiger partial charge in [-0.1, -0.05) is 13.8 Å². The third kappa shape index (κ3) is 2.44.